The molecule has 0 saturated heterocycles. The van der Waals surface area contributed by atoms with E-state index in [1.165, 1.54) is 23.4 Å². The SMILES string of the molecule is COC(=O)C(C)(CSc1n[nH]c(=O)n1C)NC1CC1. The summed E-state index contributed by atoms with van der Waals surface area (Å²) < 4.78 is 6.27. The number of hydrogen-bond donors (Lipinski definition) is 2. The summed E-state index contributed by atoms with van der Waals surface area (Å²) in [5.41, 5.74) is -1.03. The average Bonchev–Trinajstić information content (AvgIpc) is 3.14. The molecule has 0 spiro atoms. The van der Waals surface area contributed by atoms with Crippen LogP contribution in [0.1, 0.15) is 19.8 Å². The van der Waals surface area contributed by atoms with Gasteiger partial charge >= 0.3 is 11.7 Å². The molecule has 1 saturated carbocycles. The topological polar surface area (TPSA) is 89.0 Å². The minimum absolute atomic E-state index is 0.266. The van der Waals surface area contributed by atoms with Gasteiger partial charge in [0.15, 0.2) is 5.16 Å². The van der Waals surface area contributed by atoms with E-state index in [9.17, 15) is 9.59 Å². The number of methoxy groups -OCH3 is 1. The summed E-state index contributed by atoms with van der Waals surface area (Å²) in [5, 5.41) is 10.1. The van der Waals surface area contributed by atoms with Crippen molar-refractivity contribution in [3.05, 3.63) is 10.5 Å². The van der Waals surface area contributed by atoms with Gasteiger partial charge in [-0.2, -0.15) is 0 Å². The number of nitrogens with zero attached hydrogens (tertiary/aromatic N) is 2. The van der Waals surface area contributed by atoms with Crippen LogP contribution in [-0.2, 0) is 16.6 Å². The molecule has 7 nitrogen and oxygen atoms in total. The Morgan fingerprint density at radius 2 is 2.37 bits per heavy atom. The molecule has 0 amide bonds. The largest absolute Gasteiger partial charge is 0.468 e. The minimum Gasteiger partial charge on any atom is -0.468 e. The molecule has 19 heavy (non-hydrogen) atoms. The third-order valence-corrected chi connectivity index (χ3v) is 4.41. The number of esters is 1. The summed E-state index contributed by atoms with van der Waals surface area (Å²) in [6, 6.07) is 0.382. The van der Waals surface area contributed by atoms with Gasteiger partial charge in [-0.25, -0.2) is 9.89 Å². The second kappa shape index (κ2) is 5.38. The van der Waals surface area contributed by atoms with Crippen molar-refractivity contribution in [2.24, 2.45) is 7.05 Å². The molecule has 0 aromatic carbocycles. The molecule has 0 aliphatic heterocycles. The summed E-state index contributed by atoms with van der Waals surface area (Å²) in [6.45, 7) is 1.81. The zero-order chi connectivity index (χ0) is 14.0. The van der Waals surface area contributed by atoms with Crippen LogP contribution in [-0.4, -0.2) is 45.2 Å². The molecule has 2 N–H and O–H groups in total. The van der Waals surface area contributed by atoms with Crippen molar-refractivity contribution >= 4 is 17.7 Å². The molecule has 106 valence electrons. The van der Waals surface area contributed by atoms with Gasteiger partial charge in [-0.15, -0.1) is 5.10 Å². The number of carbonyl (C=O) groups excluding carboxylic acids is 1. The fourth-order valence-electron chi connectivity index (χ4n) is 1.73. The number of aromatic nitrogens is 3. The molecule has 0 bridgehead atoms. The first-order valence-corrected chi connectivity index (χ1v) is 7.05. The Hall–Kier alpha value is -1.28. The number of nitrogens with one attached hydrogen (secondary N) is 2. The van der Waals surface area contributed by atoms with Gasteiger partial charge in [0, 0.05) is 18.8 Å². The number of hydrogen-bond acceptors (Lipinski definition) is 6. The van der Waals surface area contributed by atoms with Crippen LogP contribution in [0.4, 0.5) is 0 Å². The Balaban J connectivity index is 2.05. The molecule has 2 rings (SSSR count). The second-order valence-corrected chi connectivity index (χ2v) is 5.84. The third kappa shape index (κ3) is 3.19. The highest BCUT2D eigenvalue weighted by atomic mass is 32.2. The van der Waals surface area contributed by atoms with E-state index in [1.807, 2.05) is 6.92 Å². The summed E-state index contributed by atoms with van der Waals surface area (Å²) >= 11 is 1.35. The molecule has 1 aromatic rings. The lowest BCUT2D eigenvalue weighted by molar-refractivity contribution is -0.147. The van der Waals surface area contributed by atoms with E-state index >= 15 is 0 Å². The first-order chi connectivity index (χ1) is 8.96. The maximum Gasteiger partial charge on any atom is 0.343 e. The number of ether oxygens (including phenoxy) is 1. The first-order valence-electron chi connectivity index (χ1n) is 6.06. The van der Waals surface area contributed by atoms with E-state index in [-0.39, 0.29) is 11.7 Å². The molecule has 1 fully saturated rings. The van der Waals surface area contributed by atoms with Crippen LogP contribution >= 0.6 is 11.8 Å². The van der Waals surface area contributed by atoms with Crippen LogP contribution in [0.3, 0.4) is 0 Å². The molecule has 1 aliphatic rings. The Morgan fingerprint density at radius 3 is 2.84 bits per heavy atom. The number of carbonyl (C=O) groups is 1. The molecule has 0 radical (unpaired) electrons. The molecule has 1 heterocycles. The molecular formula is C11H18N4O3S. The van der Waals surface area contributed by atoms with E-state index < -0.39 is 5.54 Å². The number of rotatable bonds is 6. The van der Waals surface area contributed by atoms with Gasteiger partial charge in [-0.3, -0.25) is 14.7 Å². The van der Waals surface area contributed by atoms with Gasteiger partial charge in [-0.05, 0) is 19.8 Å². The first kappa shape index (κ1) is 14.1. The van der Waals surface area contributed by atoms with Crippen molar-refractivity contribution in [3.8, 4) is 0 Å². The van der Waals surface area contributed by atoms with Crippen molar-refractivity contribution in [2.75, 3.05) is 12.9 Å². The predicted molar refractivity (Wildman–Crippen MR) is 71.1 cm³/mol. The van der Waals surface area contributed by atoms with Gasteiger partial charge in [0.25, 0.3) is 0 Å². The molecule has 1 unspecified atom stereocenters. The van der Waals surface area contributed by atoms with Gasteiger partial charge < -0.3 is 4.74 Å². The van der Waals surface area contributed by atoms with E-state index in [0.29, 0.717) is 17.0 Å². The van der Waals surface area contributed by atoms with Gasteiger partial charge in [0.05, 0.1) is 7.11 Å². The lowest BCUT2D eigenvalue weighted by atomic mass is 10.1. The number of thioether (sulfide) groups is 1. The summed E-state index contributed by atoms with van der Waals surface area (Å²) in [7, 11) is 3.02. The van der Waals surface area contributed by atoms with Crippen molar-refractivity contribution in [3.63, 3.8) is 0 Å². The predicted octanol–water partition coefficient (Wildman–Crippen LogP) is -0.116. The van der Waals surface area contributed by atoms with E-state index in [4.69, 9.17) is 4.74 Å². The van der Waals surface area contributed by atoms with Crippen molar-refractivity contribution in [1.82, 2.24) is 20.1 Å². The van der Waals surface area contributed by atoms with Crippen molar-refractivity contribution in [2.45, 2.75) is 36.5 Å². The maximum atomic E-state index is 11.9. The Kier molecular flexibility index (Phi) is 4.00. The van der Waals surface area contributed by atoms with Gasteiger partial charge in [-0.1, -0.05) is 11.8 Å². The van der Waals surface area contributed by atoms with E-state index in [2.05, 4.69) is 15.5 Å². The molecule has 1 atom stereocenters. The second-order valence-electron chi connectivity index (χ2n) is 4.90. The number of aromatic amines is 1. The Bertz CT molecular complexity index is 522. The standard InChI is InChI=1S/C11H18N4O3S/c1-11(8(16)18-3,12-7-4-5-7)6-19-10-14-13-9(17)15(10)2/h7,12H,4-6H2,1-3H3,(H,13,17). The molecule has 8 heteroatoms. The van der Waals surface area contributed by atoms with Crippen LogP contribution in [0.25, 0.3) is 0 Å². The molecule has 1 aromatic heterocycles. The highest BCUT2D eigenvalue weighted by molar-refractivity contribution is 7.99. The lowest BCUT2D eigenvalue weighted by Crippen LogP contribution is -2.53. The lowest BCUT2D eigenvalue weighted by Gasteiger charge is -2.27. The van der Waals surface area contributed by atoms with Gasteiger partial charge in [0.2, 0.25) is 0 Å². The van der Waals surface area contributed by atoms with Crippen LogP contribution < -0.4 is 11.0 Å². The van der Waals surface area contributed by atoms with E-state index in [1.54, 1.807) is 7.05 Å². The van der Waals surface area contributed by atoms with Gasteiger partial charge in [0.1, 0.15) is 5.54 Å². The monoisotopic (exact) mass is 286 g/mol. The highest BCUT2D eigenvalue weighted by Gasteiger charge is 2.39. The zero-order valence-electron chi connectivity index (χ0n) is 11.2. The molecule has 1 aliphatic carbocycles. The molecular weight excluding hydrogens is 268 g/mol. The smallest absolute Gasteiger partial charge is 0.343 e. The normalized spacial score (nSPS) is 18.1. The third-order valence-electron chi connectivity index (χ3n) is 3.06. The Morgan fingerprint density at radius 1 is 1.68 bits per heavy atom. The van der Waals surface area contributed by atoms with E-state index in [0.717, 1.165) is 12.8 Å². The van der Waals surface area contributed by atoms with Crippen molar-refractivity contribution in [1.29, 1.82) is 0 Å². The van der Waals surface area contributed by atoms with Crippen LogP contribution in [0.15, 0.2) is 9.95 Å². The highest BCUT2D eigenvalue weighted by Crippen LogP contribution is 2.27. The fourth-order valence-corrected chi connectivity index (χ4v) is 2.74. The van der Waals surface area contributed by atoms with Crippen LogP contribution in [0, 0.1) is 0 Å². The van der Waals surface area contributed by atoms with Crippen molar-refractivity contribution < 1.29 is 9.53 Å². The Labute approximate surface area is 115 Å². The minimum atomic E-state index is -0.768. The number of H-pyrrole nitrogens is 1. The fraction of sp³-hybridized carbons (Fsp3) is 0.727. The quantitative estimate of drug-likeness (QED) is 0.560. The summed E-state index contributed by atoms with van der Waals surface area (Å²) in [5.74, 6) is 0.154. The summed E-state index contributed by atoms with van der Waals surface area (Å²) in [4.78, 5) is 23.2. The maximum absolute atomic E-state index is 11.9. The summed E-state index contributed by atoms with van der Waals surface area (Å²) in [6.07, 6.45) is 2.16. The zero-order valence-corrected chi connectivity index (χ0v) is 12.0. The van der Waals surface area contributed by atoms with Crippen LogP contribution in [0.2, 0.25) is 0 Å². The van der Waals surface area contributed by atoms with Crippen LogP contribution in [0.5, 0.6) is 0 Å². The average molecular weight is 286 g/mol.